The van der Waals surface area contributed by atoms with Crippen molar-refractivity contribution >= 4 is 17.0 Å². The number of hydrogen-bond donors (Lipinski definition) is 0. The maximum atomic E-state index is 3.95. The standard InChI is InChI=1S/C16H19N/c1-3-13-6-5-7-14-10-15(4-2)17(16(13)14)11-12-8-9-12/h4-7,10,12H,2-3,8-9,11H2,1H3. The molecule has 1 saturated carbocycles. The minimum atomic E-state index is 0.897. The van der Waals surface area contributed by atoms with Crippen molar-refractivity contribution in [3.8, 4) is 0 Å². The smallest absolute Gasteiger partial charge is 0.0517 e. The summed E-state index contributed by atoms with van der Waals surface area (Å²) in [6.07, 6.45) is 5.87. The molecule has 2 aromatic rings. The maximum Gasteiger partial charge on any atom is 0.0517 e. The van der Waals surface area contributed by atoms with Crippen LogP contribution >= 0.6 is 0 Å². The zero-order valence-corrected chi connectivity index (χ0v) is 10.4. The van der Waals surface area contributed by atoms with Gasteiger partial charge in [0.25, 0.3) is 0 Å². The number of hydrogen-bond acceptors (Lipinski definition) is 0. The Hall–Kier alpha value is -1.50. The topological polar surface area (TPSA) is 4.93 Å². The molecular formula is C16H19N. The molecule has 0 saturated heterocycles. The quantitative estimate of drug-likeness (QED) is 0.732. The van der Waals surface area contributed by atoms with Crippen LogP contribution in [0.4, 0.5) is 0 Å². The van der Waals surface area contributed by atoms with Crippen molar-refractivity contribution in [3.63, 3.8) is 0 Å². The van der Waals surface area contributed by atoms with E-state index in [1.165, 1.54) is 41.5 Å². The van der Waals surface area contributed by atoms with E-state index in [2.05, 4.69) is 42.3 Å². The SMILES string of the molecule is C=Cc1cc2cccc(CC)c2n1CC1CC1. The van der Waals surface area contributed by atoms with E-state index in [0.717, 1.165) is 12.3 Å². The van der Waals surface area contributed by atoms with Crippen molar-refractivity contribution < 1.29 is 0 Å². The first-order valence-electron chi connectivity index (χ1n) is 6.57. The average molecular weight is 225 g/mol. The molecule has 0 bridgehead atoms. The first kappa shape index (κ1) is 10.6. The van der Waals surface area contributed by atoms with E-state index < -0.39 is 0 Å². The molecule has 1 fully saturated rings. The van der Waals surface area contributed by atoms with Gasteiger partial charge in [-0.1, -0.05) is 31.7 Å². The van der Waals surface area contributed by atoms with Crippen LogP contribution in [0.2, 0.25) is 0 Å². The lowest BCUT2D eigenvalue weighted by Crippen LogP contribution is -2.03. The van der Waals surface area contributed by atoms with Gasteiger partial charge in [0.15, 0.2) is 0 Å². The van der Waals surface area contributed by atoms with Crippen LogP contribution in [0.25, 0.3) is 17.0 Å². The molecule has 1 aliphatic carbocycles. The summed E-state index contributed by atoms with van der Waals surface area (Å²) in [7, 11) is 0. The summed E-state index contributed by atoms with van der Waals surface area (Å²) in [6, 6.07) is 8.89. The third kappa shape index (κ3) is 1.80. The van der Waals surface area contributed by atoms with Crippen LogP contribution in [-0.2, 0) is 13.0 Å². The van der Waals surface area contributed by atoms with Gasteiger partial charge in [-0.25, -0.2) is 0 Å². The van der Waals surface area contributed by atoms with Crippen LogP contribution in [0.5, 0.6) is 0 Å². The second-order valence-electron chi connectivity index (χ2n) is 5.04. The molecule has 1 nitrogen and oxygen atoms in total. The fourth-order valence-corrected chi connectivity index (χ4v) is 2.63. The molecule has 3 rings (SSSR count). The van der Waals surface area contributed by atoms with Crippen molar-refractivity contribution in [2.45, 2.75) is 32.7 Å². The predicted octanol–water partition coefficient (Wildman–Crippen LogP) is 4.26. The fraction of sp³-hybridized carbons (Fsp3) is 0.375. The monoisotopic (exact) mass is 225 g/mol. The van der Waals surface area contributed by atoms with Gasteiger partial charge in [-0.3, -0.25) is 0 Å². The summed E-state index contributed by atoms with van der Waals surface area (Å²) in [6.45, 7) is 7.35. The molecule has 1 heterocycles. The first-order valence-corrected chi connectivity index (χ1v) is 6.57. The van der Waals surface area contributed by atoms with Crippen LogP contribution in [0, 0.1) is 5.92 Å². The molecular weight excluding hydrogens is 206 g/mol. The van der Waals surface area contributed by atoms with Gasteiger partial charge >= 0.3 is 0 Å². The highest BCUT2D eigenvalue weighted by atomic mass is 15.0. The van der Waals surface area contributed by atoms with E-state index in [1.54, 1.807) is 0 Å². The van der Waals surface area contributed by atoms with E-state index in [-0.39, 0.29) is 0 Å². The molecule has 1 heteroatoms. The van der Waals surface area contributed by atoms with Crippen LogP contribution in [0.1, 0.15) is 31.0 Å². The van der Waals surface area contributed by atoms with E-state index in [4.69, 9.17) is 0 Å². The van der Waals surface area contributed by atoms with Crippen LogP contribution in [0.15, 0.2) is 30.8 Å². The van der Waals surface area contributed by atoms with Crippen molar-refractivity contribution in [2.24, 2.45) is 5.92 Å². The number of rotatable bonds is 4. The lowest BCUT2D eigenvalue weighted by molar-refractivity contribution is 0.642. The van der Waals surface area contributed by atoms with Gasteiger partial charge in [-0.15, -0.1) is 0 Å². The van der Waals surface area contributed by atoms with Crippen molar-refractivity contribution in [3.05, 3.63) is 42.1 Å². The molecule has 1 aromatic heterocycles. The van der Waals surface area contributed by atoms with Crippen LogP contribution < -0.4 is 0 Å². The van der Waals surface area contributed by atoms with Crippen LogP contribution in [-0.4, -0.2) is 4.57 Å². The van der Waals surface area contributed by atoms with E-state index in [0.29, 0.717) is 0 Å². The minimum Gasteiger partial charge on any atom is -0.340 e. The lowest BCUT2D eigenvalue weighted by Gasteiger charge is -2.10. The highest BCUT2D eigenvalue weighted by Crippen LogP contribution is 2.34. The Kier molecular flexibility index (Phi) is 2.54. The summed E-state index contributed by atoms with van der Waals surface area (Å²) in [5.74, 6) is 0.897. The van der Waals surface area contributed by atoms with Gasteiger partial charge in [-0.05, 0) is 42.9 Å². The molecule has 1 aliphatic rings. The molecule has 0 unspecified atom stereocenters. The maximum absolute atomic E-state index is 3.95. The first-order chi connectivity index (χ1) is 8.33. The van der Waals surface area contributed by atoms with Gasteiger partial charge in [0.1, 0.15) is 0 Å². The van der Waals surface area contributed by atoms with Gasteiger partial charge in [0.2, 0.25) is 0 Å². The third-order valence-electron chi connectivity index (χ3n) is 3.76. The Bertz CT molecular complexity index is 558. The molecule has 0 N–H and O–H groups in total. The molecule has 0 spiro atoms. The highest BCUT2D eigenvalue weighted by molar-refractivity contribution is 5.86. The van der Waals surface area contributed by atoms with Crippen molar-refractivity contribution in [2.75, 3.05) is 0 Å². The van der Waals surface area contributed by atoms with Gasteiger partial charge in [0, 0.05) is 17.6 Å². The number of fused-ring (bicyclic) bond motifs is 1. The van der Waals surface area contributed by atoms with E-state index in [9.17, 15) is 0 Å². The van der Waals surface area contributed by atoms with Crippen molar-refractivity contribution in [1.82, 2.24) is 4.57 Å². The summed E-state index contributed by atoms with van der Waals surface area (Å²) in [4.78, 5) is 0. The molecule has 0 radical (unpaired) electrons. The Morgan fingerprint density at radius 2 is 2.24 bits per heavy atom. The summed E-state index contributed by atoms with van der Waals surface area (Å²) < 4.78 is 2.47. The normalized spacial score (nSPS) is 15.4. The number of nitrogens with zero attached hydrogens (tertiary/aromatic N) is 1. The number of aryl methyl sites for hydroxylation is 1. The second kappa shape index (κ2) is 4.06. The number of aromatic nitrogens is 1. The molecule has 0 atom stereocenters. The van der Waals surface area contributed by atoms with Gasteiger partial charge < -0.3 is 4.57 Å². The largest absolute Gasteiger partial charge is 0.340 e. The Balaban J connectivity index is 2.22. The van der Waals surface area contributed by atoms with Crippen LogP contribution in [0.3, 0.4) is 0 Å². The Morgan fingerprint density at radius 3 is 2.88 bits per heavy atom. The molecule has 1 aromatic carbocycles. The van der Waals surface area contributed by atoms with Gasteiger partial charge in [-0.2, -0.15) is 0 Å². The number of benzene rings is 1. The summed E-state index contributed by atoms with van der Waals surface area (Å²) in [5.41, 5.74) is 4.15. The molecule has 0 amide bonds. The summed E-state index contributed by atoms with van der Waals surface area (Å²) >= 11 is 0. The minimum absolute atomic E-state index is 0.897. The average Bonchev–Trinajstić information content (AvgIpc) is 3.10. The molecule has 17 heavy (non-hydrogen) atoms. The summed E-state index contributed by atoms with van der Waals surface area (Å²) in [5, 5.41) is 1.36. The Morgan fingerprint density at radius 1 is 1.41 bits per heavy atom. The zero-order valence-electron chi connectivity index (χ0n) is 10.4. The highest BCUT2D eigenvalue weighted by Gasteiger charge is 2.23. The van der Waals surface area contributed by atoms with E-state index in [1.807, 2.05) is 6.08 Å². The lowest BCUT2D eigenvalue weighted by atomic mass is 10.1. The van der Waals surface area contributed by atoms with E-state index >= 15 is 0 Å². The zero-order chi connectivity index (χ0) is 11.8. The second-order valence-corrected chi connectivity index (χ2v) is 5.04. The predicted molar refractivity (Wildman–Crippen MR) is 74.1 cm³/mol. The third-order valence-corrected chi connectivity index (χ3v) is 3.76. The molecule has 88 valence electrons. The molecule has 0 aliphatic heterocycles. The fourth-order valence-electron chi connectivity index (χ4n) is 2.63. The Labute approximate surface area is 103 Å². The number of para-hydroxylation sites is 1. The van der Waals surface area contributed by atoms with Gasteiger partial charge in [0.05, 0.1) is 5.52 Å². The van der Waals surface area contributed by atoms with Crippen molar-refractivity contribution in [1.29, 1.82) is 0 Å².